The maximum absolute atomic E-state index is 11.9. The number of rotatable bonds is 9. The molecule has 4 nitrogen and oxygen atoms in total. The molecule has 0 bridgehead atoms. The number of carbonyl (C=O) groups excluding carboxylic acids is 1. The fourth-order valence-electron chi connectivity index (χ4n) is 1.76. The third-order valence-electron chi connectivity index (χ3n) is 2.72. The molecule has 19 heavy (non-hydrogen) atoms. The zero-order chi connectivity index (χ0) is 13.9. The summed E-state index contributed by atoms with van der Waals surface area (Å²) in [4.78, 5) is 11.9. The zero-order valence-corrected chi connectivity index (χ0v) is 11.7. The molecule has 1 aromatic rings. The molecule has 0 unspecified atom stereocenters. The molecule has 4 heteroatoms. The molecular weight excluding hydrogens is 240 g/mol. The van der Waals surface area contributed by atoms with Gasteiger partial charge in [0.25, 0.3) is 5.91 Å². The molecule has 3 N–H and O–H groups in total. The molecule has 1 amide bonds. The van der Waals surface area contributed by atoms with E-state index in [1.807, 2.05) is 24.3 Å². The lowest BCUT2D eigenvalue weighted by atomic mass is 10.1. The summed E-state index contributed by atoms with van der Waals surface area (Å²) in [6.45, 7) is 4.80. The minimum atomic E-state index is -0.0330. The summed E-state index contributed by atoms with van der Waals surface area (Å²) in [7, 11) is 0. The minimum absolute atomic E-state index is 0.0330. The number of nitrogens with two attached hydrogens (primary N) is 1. The van der Waals surface area contributed by atoms with Gasteiger partial charge in [0.2, 0.25) is 0 Å². The first-order chi connectivity index (χ1) is 9.27. The Kier molecular flexibility index (Phi) is 7.86. The Morgan fingerprint density at radius 1 is 1.37 bits per heavy atom. The molecule has 0 fully saturated rings. The molecule has 0 aromatic heterocycles. The standard InChI is InChI=1S/C15H24N2O2/c1-2-10-19-11-4-9-17-15(18)14-6-3-5-13(12-14)7-8-16/h3,5-6,12H,2,4,7-11,16H2,1H3,(H,17,18). The highest BCUT2D eigenvalue weighted by Crippen LogP contribution is 2.05. The van der Waals surface area contributed by atoms with Gasteiger partial charge in [0.15, 0.2) is 0 Å². The average molecular weight is 264 g/mol. The fraction of sp³-hybridized carbons (Fsp3) is 0.533. The summed E-state index contributed by atoms with van der Waals surface area (Å²) in [6.07, 6.45) is 2.67. The quantitative estimate of drug-likeness (QED) is 0.668. The van der Waals surface area contributed by atoms with Gasteiger partial charge in [-0.05, 0) is 43.5 Å². The Labute approximate surface area is 115 Å². The molecule has 0 aliphatic heterocycles. The van der Waals surface area contributed by atoms with E-state index in [1.54, 1.807) is 0 Å². The SMILES string of the molecule is CCCOCCCNC(=O)c1cccc(CCN)c1. The third-order valence-corrected chi connectivity index (χ3v) is 2.72. The van der Waals surface area contributed by atoms with E-state index in [9.17, 15) is 4.79 Å². The van der Waals surface area contributed by atoms with Gasteiger partial charge in [0, 0.05) is 25.3 Å². The van der Waals surface area contributed by atoms with Gasteiger partial charge >= 0.3 is 0 Å². The van der Waals surface area contributed by atoms with E-state index in [2.05, 4.69) is 12.2 Å². The van der Waals surface area contributed by atoms with Gasteiger partial charge < -0.3 is 15.8 Å². The van der Waals surface area contributed by atoms with Crippen LogP contribution in [0, 0.1) is 0 Å². The molecule has 0 saturated carbocycles. The van der Waals surface area contributed by atoms with Crippen LogP contribution in [0.4, 0.5) is 0 Å². The Bertz CT molecular complexity index is 380. The van der Waals surface area contributed by atoms with Gasteiger partial charge in [0.1, 0.15) is 0 Å². The zero-order valence-electron chi connectivity index (χ0n) is 11.7. The number of ether oxygens (including phenoxy) is 1. The largest absolute Gasteiger partial charge is 0.381 e. The van der Waals surface area contributed by atoms with Crippen LogP contribution in [-0.4, -0.2) is 32.2 Å². The molecule has 0 aliphatic carbocycles. The van der Waals surface area contributed by atoms with E-state index >= 15 is 0 Å². The Morgan fingerprint density at radius 3 is 2.95 bits per heavy atom. The number of carbonyl (C=O) groups is 1. The van der Waals surface area contributed by atoms with Crippen LogP contribution >= 0.6 is 0 Å². The first-order valence-corrected chi connectivity index (χ1v) is 6.93. The Hall–Kier alpha value is -1.39. The smallest absolute Gasteiger partial charge is 0.251 e. The van der Waals surface area contributed by atoms with Gasteiger partial charge in [-0.2, -0.15) is 0 Å². The molecule has 1 rings (SSSR count). The average Bonchev–Trinajstić information content (AvgIpc) is 2.43. The molecule has 1 aromatic carbocycles. The highest BCUT2D eigenvalue weighted by atomic mass is 16.5. The van der Waals surface area contributed by atoms with Crippen LogP contribution in [0.3, 0.4) is 0 Å². The lowest BCUT2D eigenvalue weighted by Gasteiger charge is -2.07. The monoisotopic (exact) mass is 264 g/mol. The fourth-order valence-corrected chi connectivity index (χ4v) is 1.76. The number of benzene rings is 1. The van der Waals surface area contributed by atoms with Crippen molar-refractivity contribution in [3.8, 4) is 0 Å². The van der Waals surface area contributed by atoms with Gasteiger partial charge in [-0.15, -0.1) is 0 Å². The van der Waals surface area contributed by atoms with Crippen LogP contribution < -0.4 is 11.1 Å². The highest BCUT2D eigenvalue weighted by molar-refractivity contribution is 5.94. The van der Waals surface area contributed by atoms with E-state index in [0.29, 0.717) is 25.3 Å². The van der Waals surface area contributed by atoms with E-state index in [1.165, 1.54) is 0 Å². The Morgan fingerprint density at radius 2 is 2.21 bits per heavy atom. The van der Waals surface area contributed by atoms with Crippen molar-refractivity contribution >= 4 is 5.91 Å². The van der Waals surface area contributed by atoms with Gasteiger partial charge in [-0.3, -0.25) is 4.79 Å². The summed E-state index contributed by atoms with van der Waals surface area (Å²) >= 11 is 0. The van der Waals surface area contributed by atoms with Crippen LogP contribution in [0.25, 0.3) is 0 Å². The highest BCUT2D eigenvalue weighted by Gasteiger charge is 2.05. The van der Waals surface area contributed by atoms with Crippen molar-refractivity contribution in [3.63, 3.8) is 0 Å². The second-order valence-electron chi connectivity index (χ2n) is 4.46. The molecule has 0 heterocycles. The van der Waals surface area contributed by atoms with Crippen molar-refractivity contribution in [2.45, 2.75) is 26.2 Å². The van der Waals surface area contributed by atoms with E-state index in [4.69, 9.17) is 10.5 Å². The summed E-state index contributed by atoms with van der Waals surface area (Å²) in [5.74, 6) is -0.0330. The predicted molar refractivity (Wildman–Crippen MR) is 77.3 cm³/mol. The number of nitrogens with one attached hydrogen (secondary N) is 1. The predicted octanol–water partition coefficient (Wildman–Crippen LogP) is 1.73. The normalized spacial score (nSPS) is 10.4. The van der Waals surface area contributed by atoms with Crippen LogP contribution in [0.5, 0.6) is 0 Å². The molecule has 0 atom stereocenters. The molecule has 0 spiro atoms. The second-order valence-corrected chi connectivity index (χ2v) is 4.46. The van der Waals surface area contributed by atoms with Gasteiger partial charge in [-0.25, -0.2) is 0 Å². The van der Waals surface area contributed by atoms with Crippen LogP contribution in [0.2, 0.25) is 0 Å². The summed E-state index contributed by atoms with van der Waals surface area (Å²) in [5, 5.41) is 2.90. The van der Waals surface area contributed by atoms with Crippen LogP contribution in [0.15, 0.2) is 24.3 Å². The summed E-state index contributed by atoms with van der Waals surface area (Å²) < 4.78 is 5.36. The van der Waals surface area contributed by atoms with Crippen LogP contribution in [0.1, 0.15) is 35.7 Å². The first kappa shape index (κ1) is 15.7. The number of hydrogen-bond donors (Lipinski definition) is 2. The molecule has 0 saturated heterocycles. The minimum Gasteiger partial charge on any atom is -0.381 e. The van der Waals surface area contributed by atoms with Crippen molar-refractivity contribution in [1.82, 2.24) is 5.32 Å². The first-order valence-electron chi connectivity index (χ1n) is 6.93. The third kappa shape index (κ3) is 6.36. The molecule has 0 radical (unpaired) electrons. The lowest BCUT2D eigenvalue weighted by molar-refractivity contribution is 0.0941. The maximum atomic E-state index is 11.9. The van der Waals surface area contributed by atoms with Crippen molar-refractivity contribution in [2.75, 3.05) is 26.3 Å². The van der Waals surface area contributed by atoms with E-state index in [-0.39, 0.29) is 5.91 Å². The van der Waals surface area contributed by atoms with Gasteiger partial charge in [-0.1, -0.05) is 19.1 Å². The maximum Gasteiger partial charge on any atom is 0.251 e. The number of amides is 1. The lowest BCUT2D eigenvalue weighted by Crippen LogP contribution is -2.25. The summed E-state index contributed by atoms with van der Waals surface area (Å²) in [6, 6.07) is 7.60. The van der Waals surface area contributed by atoms with Gasteiger partial charge in [0.05, 0.1) is 0 Å². The van der Waals surface area contributed by atoms with Crippen molar-refractivity contribution in [1.29, 1.82) is 0 Å². The molecular formula is C15H24N2O2. The summed E-state index contributed by atoms with van der Waals surface area (Å²) in [5.41, 5.74) is 7.30. The van der Waals surface area contributed by atoms with E-state index in [0.717, 1.165) is 31.4 Å². The van der Waals surface area contributed by atoms with Crippen molar-refractivity contribution < 1.29 is 9.53 Å². The van der Waals surface area contributed by atoms with E-state index < -0.39 is 0 Å². The number of hydrogen-bond acceptors (Lipinski definition) is 3. The Balaban J connectivity index is 2.30. The second kappa shape index (κ2) is 9.53. The van der Waals surface area contributed by atoms with Crippen molar-refractivity contribution in [2.24, 2.45) is 5.73 Å². The molecule has 106 valence electrons. The molecule has 0 aliphatic rings. The topological polar surface area (TPSA) is 64.3 Å². The van der Waals surface area contributed by atoms with Crippen LogP contribution in [-0.2, 0) is 11.2 Å². The van der Waals surface area contributed by atoms with Crippen molar-refractivity contribution in [3.05, 3.63) is 35.4 Å².